The zero-order valence-electron chi connectivity index (χ0n) is 10.2. The second-order valence-corrected chi connectivity index (χ2v) is 6.85. The topological polar surface area (TPSA) is 64.0 Å². The summed E-state index contributed by atoms with van der Waals surface area (Å²) >= 11 is 9.19. The zero-order chi connectivity index (χ0) is 14.2. The van der Waals surface area contributed by atoms with Gasteiger partial charge in [0.1, 0.15) is 5.15 Å². The molecule has 0 atom stereocenters. The zero-order valence-corrected chi connectivity index (χ0v) is 13.3. The van der Waals surface area contributed by atoms with Gasteiger partial charge < -0.3 is 4.57 Å². The van der Waals surface area contributed by atoms with Crippen LogP contribution in [0.3, 0.4) is 0 Å². The Morgan fingerprint density at radius 2 is 2.11 bits per heavy atom. The highest BCUT2D eigenvalue weighted by Gasteiger charge is 2.23. The van der Waals surface area contributed by atoms with E-state index in [1.54, 1.807) is 19.2 Å². The molecule has 0 fully saturated rings. The van der Waals surface area contributed by atoms with Crippen molar-refractivity contribution < 1.29 is 8.42 Å². The molecule has 0 saturated carbocycles. The molecule has 0 aliphatic heterocycles. The summed E-state index contributed by atoms with van der Waals surface area (Å²) in [6.07, 6.45) is 1.35. The summed E-state index contributed by atoms with van der Waals surface area (Å²) < 4.78 is 29.0. The minimum atomic E-state index is -3.81. The van der Waals surface area contributed by atoms with Crippen molar-refractivity contribution in [2.45, 2.75) is 11.9 Å². The Morgan fingerprint density at radius 1 is 1.42 bits per heavy atom. The van der Waals surface area contributed by atoms with Gasteiger partial charge in [-0.25, -0.2) is 4.98 Å². The van der Waals surface area contributed by atoms with Crippen LogP contribution in [0.1, 0.15) is 5.56 Å². The van der Waals surface area contributed by atoms with Crippen LogP contribution >= 0.6 is 27.5 Å². The Balaban J connectivity index is 2.42. The number of benzene rings is 1. The van der Waals surface area contributed by atoms with Gasteiger partial charge in [0.25, 0.3) is 10.0 Å². The molecule has 1 aromatic carbocycles. The number of nitrogens with one attached hydrogen (secondary N) is 1. The second kappa shape index (κ2) is 5.15. The average Bonchev–Trinajstić information content (AvgIpc) is 2.65. The highest BCUT2D eigenvalue weighted by atomic mass is 79.9. The molecule has 1 heterocycles. The molecular formula is C11H11BrClN3O2S. The maximum absolute atomic E-state index is 12.2. The van der Waals surface area contributed by atoms with Crippen LogP contribution in [0.2, 0.25) is 5.15 Å². The summed E-state index contributed by atoms with van der Waals surface area (Å²) in [5, 5.41) is -0.124. The quantitative estimate of drug-likeness (QED) is 0.910. The third-order valence-electron chi connectivity index (χ3n) is 2.46. The highest BCUT2D eigenvalue weighted by molar-refractivity contribution is 9.10. The number of aromatic nitrogens is 2. The van der Waals surface area contributed by atoms with Crippen molar-refractivity contribution >= 4 is 43.2 Å². The first-order valence-corrected chi connectivity index (χ1v) is 7.92. The van der Waals surface area contributed by atoms with Crippen molar-refractivity contribution in [1.82, 2.24) is 9.55 Å². The van der Waals surface area contributed by atoms with Gasteiger partial charge in [-0.1, -0.05) is 17.7 Å². The van der Waals surface area contributed by atoms with Crippen molar-refractivity contribution in [1.29, 1.82) is 0 Å². The molecule has 2 rings (SSSR count). The summed E-state index contributed by atoms with van der Waals surface area (Å²) in [5.41, 5.74) is 1.38. The maximum Gasteiger partial charge on any atom is 0.282 e. The van der Waals surface area contributed by atoms with Crippen molar-refractivity contribution in [2.24, 2.45) is 7.05 Å². The molecule has 1 aromatic heterocycles. The Labute approximate surface area is 124 Å². The summed E-state index contributed by atoms with van der Waals surface area (Å²) in [4.78, 5) is 3.80. The number of anilines is 1. The molecule has 0 bridgehead atoms. The minimum absolute atomic E-state index is 0.0660. The molecule has 0 saturated heterocycles. The van der Waals surface area contributed by atoms with Crippen LogP contribution in [0, 0.1) is 6.92 Å². The maximum atomic E-state index is 12.2. The molecule has 0 radical (unpaired) electrons. The number of rotatable bonds is 3. The molecule has 19 heavy (non-hydrogen) atoms. The van der Waals surface area contributed by atoms with E-state index in [1.165, 1.54) is 10.9 Å². The number of hydrogen-bond donors (Lipinski definition) is 1. The third-order valence-corrected chi connectivity index (χ3v) is 5.00. The van der Waals surface area contributed by atoms with E-state index in [9.17, 15) is 8.42 Å². The molecule has 0 aliphatic carbocycles. The van der Waals surface area contributed by atoms with Gasteiger partial charge in [-0.2, -0.15) is 8.42 Å². The van der Waals surface area contributed by atoms with E-state index in [1.807, 2.05) is 13.0 Å². The molecule has 102 valence electrons. The average molecular weight is 365 g/mol. The van der Waals surface area contributed by atoms with E-state index in [2.05, 4.69) is 25.6 Å². The van der Waals surface area contributed by atoms with E-state index in [0.717, 1.165) is 5.56 Å². The summed E-state index contributed by atoms with van der Waals surface area (Å²) in [5.74, 6) is 0. The molecule has 2 aromatic rings. The Kier molecular flexibility index (Phi) is 3.89. The number of imidazole rings is 1. The Morgan fingerprint density at radius 3 is 2.68 bits per heavy atom. The molecule has 5 nitrogen and oxygen atoms in total. The highest BCUT2D eigenvalue weighted by Crippen LogP contribution is 2.27. The van der Waals surface area contributed by atoms with Gasteiger partial charge in [-0.3, -0.25) is 4.72 Å². The normalized spacial score (nSPS) is 11.6. The molecule has 0 aliphatic rings. The Hall–Kier alpha value is -1.05. The van der Waals surface area contributed by atoms with Gasteiger partial charge in [0.2, 0.25) is 5.03 Å². The van der Waals surface area contributed by atoms with E-state index in [0.29, 0.717) is 10.2 Å². The van der Waals surface area contributed by atoms with E-state index >= 15 is 0 Å². The number of halogens is 2. The molecule has 0 unspecified atom stereocenters. The van der Waals surface area contributed by atoms with E-state index in [4.69, 9.17) is 11.6 Å². The molecular weight excluding hydrogens is 354 g/mol. The summed E-state index contributed by atoms with van der Waals surface area (Å²) in [6.45, 7) is 1.87. The van der Waals surface area contributed by atoms with Gasteiger partial charge >= 0.3 is 0 Å². The van der Waals surface area contributed by atoms with Crippen LogP contribution in [0.25, 0.3) is 0 Å². The standard InChI is InChI=1S/C11H11BrClN3O2S/c1-7-3-4-8(12)9(5-7)15-19(17,18)11-10(13)16(2)6-14-11/h3-6,15H,1-2H3. The lowest BCUT2D eigenvalue weighted by molar-refractivity contribution is 0.598. The van der Waals surface area contributed by atoms with Gasteiger partial charge in [-0.15, -0.1) is 0 Å². The first-order chi connectivity index (χ1) is 8.81. The number of hydrogen-bond acceptors (Lipinski definition) is 3. The van der Waals surface area contributed by atoms with Crippen molar-refractivity contribution in [3.63, 3.8) is 0 Å². The van der Waals surface area contributed by atoms with Crippen molar-refractivity contribution in [3.8, 4) is 0 Å². The number of nitrogens with zero attached hydrogens (tertiary/aromatic N) is 2. The van der Waals surface area contributed by atoms with Crippen molar-refractivity contribution in [3.05, 3.63) is 39.7 Å². The fourth-order valence-electron chi connectivity index (χ4n) is 1.48. The van der Waals surface area contributed by atoms with E-state index in [-0.39, 0.29) is 10.2 Å². The third kappa shape index (κ3) is 2.93. The monoisotopic (exact) mass is 363 g/mol. The first-order valence-electron chi connectivity index (χ1n) is 5.27. The van der Waals surface area contributed by atoms with Gasteiger partial charge in [-0.05, 0) is 40.5 Å². The molecule has 0 amide bonds. The fourth-order valence-corrected chi connectivity index (χ4v) is 3.47. The number of sulfonamides is 1. The fraction of sp³-hybridized carbons (Fsp3) is 0.182. The van der Waals surface area contributed by atoms with Gasteiger partial charge in [0, 0.05) is 11.5 Å². The summed E-state index contributed by atoms with van der Waals surface area (Å²) in [6, 6.07) is 5.36. The lowest BCUT2D eigenvalue weighted by atomic mass is 10.2. The minimum Gasteiger partial charge on any atom is -0.324 e. The van der Waals surface area contributed by atoms with Crippen LogP contribution in [-0.2, 0) is 17.1 Å². The lowest BCUT2D eigenvalue weighted by Gasteiger charge is -2.09. The molecule has 8 heteroatoms. The van der Waals surface area contributed by atoms with Crippen LogP contribution < -0.4 is 4.72 Å². The van der Waals surface area contributed by atoms with Crippen LogP contribution in [0.5, 0.6) is 0 Å². The van der Waals surface area contributed by atoms with Crippen LogP contribution in [-0.4, -0.2) is 18.0 Å². The predicted molar refractivity (Wildman–Crippen MR) is 77.9 cm³/mol. The van der Waals surface area contributed by atoms with Gasteiger partial charge in [0.05, 0.1) is 12.0 Å². The van der Waals surface area contributed by atoms with Gasteiger partial charge in [0.15, 0.2) is 0 Å². The lowest BCUT2D eigenvalue weighted by Crippen LogP contribution is -2.14. The SMILES string of the molecule is Cc1ccc(Br)c(NS(=O)(=O)c2ncn(C)c2Cl)c1. The second-order valence-electron chi connectivity index (χ2n) is 4.04. The first kappa shape index (κ1) is 14.4. The van der Waals surface area contributed by atoms with Crippen molar-refractivity contribution in [2.75, 3.05) is 4.72 Å². The molecule has 1 N–H and O–H groups in total. The van der Waals surface area contributed by atoms with Crippen LogP contribution in [0.15, 0.2) is 34.0 Å². The number of aryl methyl sites for hydroxylation is 2. The Bertz CT molecular complexity index is 728. The molecule has 0 spiro atoms. The largest absolute Gasteiger partial charge is 0.324 e. The summed E-state index contributed by atoms with van der Waals surface area (Å²) in [7, 11) is -2.18. The van der Waals surface area contributed by atoms with E-state index < -0.39 is 10.0 Å². The van der Waals surface area contributed by atoms with Crippen LogP contribution in [0.4, 0.5) is 5.69 Å². The smallest absolute Gasteiger partial charge is 0.282 e. The predicted octanol–water partition coefficient (Wildman–Crippen LogP) is 2.95.